The lowest BCUT2D eigenvalue weighted by Crippen LogP contribution is -2.40. The quantitative estimate of drug-likeness (QED) is 0.367. The summed E-state index contributed by atoms with van der Waals surface area (Å²) in [6.45, 7) is 3.32. The first-order chi connectivity index (χ1) is 14.0. The van der Waals surface area contributed by atoms with E-state index >= 15 is 0 Å². The molecule has 0 aliphatic heterocycles. The summed E-state index contributed by atoms with van der Waals surface area (Å²) in [7, 11) is 0.930. The zero-order chi connectivity index (χ0) is 22.6. The first-order valence-electron chi connectivity index (χ1n) is 8.36. The van der Waals surface area contributed by atoms with Gasteiger partial charge in [-0.1, -0.05) is 28.4 Å². The van der Waals surface area contributed by atoms with E-state index in [0.717, 1.165) is 7.05 Å². The van der Waals surface area contributed by atoms with Crippen molar-refractivity contribution in [3.8, 4) is 5.69 Å². The van der Waals surface area contributed by atoms with E-state index in [2.05, 4.69) is 5.16 Å². The molecule has 0 unspecified atom stereocenters. The fraction of sp³-hybridized carbons (Fsp3) is 0.211. The van der Waals surface area contributed by atoms with E-state index in [0.29, 0.717) is 26.5 Å². The highest BCUT2D eigenvalue weighted by Gasteiger charge is 2.35. The molecule has 30 heavy (non-hydrogen) atoms. The molecule has 0 amide bonds. The largest absolute Gasteiger partial charge is 0.431 e. The summed E-state index contributed by atoms with van der Waals surface area (Å²) in [6, 6.07) is 4.42. The number of benzene rings is 1. The van der Waals surface area contributed by atoms with Crippen LogP contribution in [0.4, 0.5) is 13.2 Å². The molecule has 160 valence electrons. The Bertz CT molecular complexity index is 1160. The third-order valence-corrected chi connectivity index (χ3v) is 4.59. The molecule has 0 atom stereocenters. The van der Waals surface area contributed by atoms with Gasteiger partial charge >= 0.3 is 11.9 Å². The van der Waals surface area contributed by atoms with Gasteiger partial charge in [-0.25, -0.2) is 9.36 Å². The predicted octanol–water partition coefficient (Wildman–Crippen LogP) is 4.71. The Balaban J connectivity index is 2.59. The van der Waals surface area contributed by atoms with Crippen LogP contribution in [0.3, 0.4) is 0 Å². The average Bonchev–Trinajstić information content (AvgIpc) is 2.66. The molecule has 1 heterocycles. The molecule has 2 rings (SSSR count). The molecule has 6 nitrogen and oxygen atoms in total. The molecule has 2 aromatic rings. The normalized spacial score (nSPS) is 13.2. The summed E-state index contributed by atoms with van der Waals surface area (Å²) in [6.07, 6.45) is -0.463. The Labute approximate surface area is 179 Å². The van der Waals surface area contributed by atoms with Crippen LogP contribution in [0.2, 0.25) is 5.02 Å². The van der Waals surface area contributed by atoms with Crippen molar-refractivity contribution in [2.75, 3.05) is 0 Å². The number of aromatic nitrogens is 2. The summed E-state index contributed by atoms with van der Waals surface area (Å²) in [5.41, 5.74) is -2.98. The van der Waals surface area contributed by atoms with Crippen molar-refractivity contribution in [2.24, 2.45) is 12.2 Å². The minimum absolute atomic E-state index is 0.0224. The van der Waals surface area contributed by atoms with E-state index in [-0.39, 0.29) is 15.7 Å². The van der Waals surface area contributed by atoms with E-state index in [1.165, 1.54) is 30.5 Å². The van der Waals surface area contributed by atoms with Crippen molar-refractivity contribution in [1.82, 2.24) is 9.13 Å². The van der Waals surface area contributed by atoms with E-state index in [1.807, 2.05) is 0 Å². The van der Waals surface area contributed by atoms with Gasteiger partial charge in [-0.2, -0.15) is 13.2 Å². The topological polar surface area (TPSA) is 65.6 Å². The lowest BCUT2D eigenvalue weighted by atomic mass is 10.1. The van der Waals surface area contributed by atoms with Crippen LogP contribution < -0.4 is 11.2 Å². The van der Waals surface area contributed by atoms with E-state index in [9.17, 15) is 22.8 Å². The number of alkyl halides is 3. The van der Waals surface area contributed by atoms with Crippen LogP contribution in [0.5, 0.6) is 0 Å². The van der Waals surface area contributed by atoms with Gasteiger partial charge in [0.1, 0.15) is 12.0 Å². The van der Waals surface area contributed by atoms with Crippen LogP contribution in [0, 0.1) is 0 Å². The lowest BCUT2D eigenvalue weighted by Gasteiger charge is -2.14. The predicted molar refractivity (Wildman–Crippen MR) is 110 cm³/mol. The molecule has 0 aliphatic carbocycles. The maximum Gasteiger partial charge on any atom is 0.431 e. The summed E-state index contributed by atoms with van der Waals surface area (Å²) >= 11 is 12.3. The Morgan fingerprint density at radius 1 is 1.23 bits per heavy atom. The fourth-order valence-electron chi connectivity index (χ4n) is 2.37. The first kappa shape index (κ1) is 23.5. The highest BCUT2D eigenvalue weighted by molar-refractivity contribution is 6.45. The summed E-state index contributed by atoms with van der Waals surface area (Å²) in [5.74, 6) is 0. The smallest absolute Gasteiger partial charge is 0.365 e. The third-order valence-electron chi connectivity index (χ3n) is 3.86. The van der Waals surface area contributed by atoms with Crippen molar-refractivity contribution in [1.29, 1.82) is 0 Å². The average molecular weight is 462 g/mol. The van der Waals surface area contributed by atoms with E-state index in [1.54, 1.807) is 19.9 Å². The van der Waals surface area contributed by atoms with Crippen LogP contribution in [-0.2, 0) is 18.1 Å². The molecule has 0 saturated heterocycles. The monoisotopic (exact) mass is 461 g/mol. The van der Waals surface area contributed by atoms with Crippen LogP contribution in [-0.4, -0.2) is 14.8 Å². The Hall–Kier alpha value is -2.78. The standard InChI is InChI=1S/C19H16Cl2F3N3O3/c1-4-7-30-25-11(2)15(21)9-12-8-13(5-6-14(12)20)27-17(28)10-16(19(22,23)24)26(3)18(27)29/h4-10H,1-3H3/b7-4+,15-9-,25-11+. The second kappa shape index (κ2) is 9.36. The van der Waals surface area contributed by atoms with E-state index < -0.39 is 23.1 Å². The molecular weight excluding hydrogens is 446 g/mol. The highest BCUT2D eigenvalue weighted by Crippen LogP contribution is 2.27. The van der Waals surface area contributed by atoms with Crippen molar-refractivity contribution in [3.05, 3.63) is 78.8 Å². The minimum atomic E-state index is -4.85. The minimum Gasteiger partial charge on any atom is -0.365 e. The van der Waals surface area contributed by atoms with Crippen molar-refractivity contribution < 1.29 is 18.0 Å². The van der Waals surface area contributed by atoms with Crippen LogP contribution >= 0.6 is 23.2 Å². The van der Waals surface area contributed by atoms with Gasteiger partial charge in [0.2, 0.25) is 0 Å². The molecule has 0 radical (unpaired) electrons. The fourth-order valence-corrected chi connectivity index (χ4v) is 2.70. The summed E-state index contributed by atoms with van der Waals surface area (Å²) < 4.78 is 40.0. The van der Waals surface area contributed by atoms with Gasteiger partial charge in [-0.3, -0.25) is 9.36 Å². The van der Waals surface area contributed by atoms with Gasteiger partial charge < -0.3 is 4.84 Å². The van der Waals surface area contributed by atoms with Gasteiger partial charge in [-0.15, -0.1) is 0 Å². The zero-order valence-electron chi connectivity index (χ0n) is 16.0. The molecule has 0 spiro atoms. The number of hydrogen-bond donors (Lipinski definition) is 0. The van der Waals surface area contributed by atoms with Gasteiger partial charge in [0.25, 0.3) is 5.56 Å². The molecule has 0 saturated carbocycles. The molecule has 1 aromatic carbocycles. The first-order valence-corrected chi connectivity index (χ1v) is 9.12. The van der Waals surface area contributed by atoms with Crippen LogP contribution in [0.25, 0.3) is 11.8 Å². The second-order valence-electron chi connectivity index (χ2n) is 5.99. The van der Waals surface area contributed by atoms with Crippen LogP contribution in [0.15, 0.2) is 56.4 Å². The molecule has 0 fully saturated rings. The molecular formula is C19H16Cl2F3N3O3. The van der Waals surface area contributed by atoms with E-state index in [4.69, 9.17) is 28.0 Å². The number of hydrogen-bond acceptors (Lipinski definition) is 4. The molecule has 1 aromatic heterocycles. The maximum absolute atomic E-state index is 13.0. The van der Waals surface area contributed by atoms with Gasteiger partial charge in [0, 0.05) is 18.1 Å². The van der Waals surface area contributed by atoms with Gasteiger partial charge in [0.15, 0.2) is 0 Å². The Kier molecular flexibility index (Phi) is 7.33. The SMILES string of the molecule is C/C=C/O/N=C(C)/C(Cl)=C/c1cc(-n2c(=O)cc(C(F)(F)F)n(C)c2=O)ccc1Cl. The van der Waals surface area contributed by atoms with Crippen molar-refractivity contribution >= 4 is 35.0 Å². The third kappa shape index (κ3) is 5.22. The summed E-state index contributed by atoms with van der Waals surface area (Å²) in [4.78, 5) is 29.6. The lowest BCUT2D eigenvalue weighted by molar-refractivity contribution is -0.144. The summed E-state index contributed by atoms with van der Waals surface area (Å²) in [5, 5.41) is 4.16. The zero-order valence-corrected chi connectivity index (χ0v) is 17.5. The second-order valence-corrected chi connectivity index (χ2v) is 6.81. The Morgan fingerprint density at radius 3 is 2.50 bits per heavy atom. The number of nitrogens with zero attached hydrogens (tertiary/aromatic N) is 3. The van der Waals surface area contributed by atoms with Gasteiger partial charge in [-0.05, 0) is 49.8 Å². The van der Waals surface area contributed by atoms with Gasteiger partial charge in [0.05, 0.1) is 16.4 Å². The maximum atomic E-state index is 13.0. The Morgan fingerprint density at radius 2 is 1.90 bits per heavy atom. The number of allylic oxidation sites excluding steroid dienone is 2. The number of halogens is 5. The van der Waals surface area contributed by atoms with Crippen LogP contribution in [0.1, 0.15) is 25.1 Å². The van der Waals surface area contributed by atoms with Crippen molar-refractivity contribution in [3.63, 3.8) is 0 Å². The molecule has 11 heteroatoms. The number of rotatable bonds is 5. The molecule has 0 aliphatic rings. The van der Waals surface area contributed by atoms with Crippen molar-refractivity contribution in [2.45, 2.75) is 20.0 Å². The molecule has 0 N–H and O–H groups in total. The molecule has 0 bridgehead atoms. The number of oxime groups is 1. The highest BCUT2D eigenvalue weighted by atomic mass is 35.5.